The monoisotopic (exact) mass is 466 g/mol. The summed E-state index contributed by atoms with van der Waals surface area (Å²) in [5.74, 6) is 1.13. The van der Waals surface area contributed by atoms with Crippen molar-refractivity contribution in [3.63, 3.8) is 0 Å². The summed E-state index contributed by atoms with van der Waals surface area (Å²) in [4.78, 5) is 12.6. The van der Waals surface area contributed by atoms with Gasteiger partial charge < -0.3 is 14.8 Å². The molecule has 1 atom stereocenters. The zero-order valence-electron chi connectivity index (χ0n) is 18.5. The molecule has 8 heteroatoms. The minimum absolute atomic E-state index is 0.116. The Kier molecular flexibility index (Phi) is 6.55. The van der Waals surface area contributed by atoms with Crippen molar-refractivity contribution in [2.75, 3.05) is 23.9 Å². The molecule has 0 aromatic heterocycles. The summed E-state index contributed by atoms with van der Waals surface area (Å²) < 4.78 is 36.9. The first-order chi connectivity index (χ1) is 15.8. The van der Waals surface area contributed by atoms with Gasteiger partial charge in [-0.05, 0) is 41.3 Å². The molecule has 1 aliphatic rings. The van der Waals surface area contributed by atoms with Crippen LogP contribution in [0.3, 0.4) is 0 Å². The van der Waals surface area contributed by atoms with Gasteiger partial charge in [-0.1, -0.05) is 49.4 Å². The average molecular weight is 467 g/mol. The van der Waals surface area contributed by atoms with Crippen molar-refractivity contribution >= 4 is 21.6 Å². The van der Waals surface area contributed by atoms with E-state index in [0.717, 1.165) is 17.4 Å². The molecule has 1 heterocycles. The molecule has 0 spiro atoms. The highest BCUT2D eigenvalue weighted by molar-refractivity contribution is 7.92. The molecule has 0 bridgehead atoms. The Hall–Kier alpha value is -3.52. The van der Waals surface area contributed by atoms with E-state index >= 15 is 0 Å². The van der Waals surface area contributed by atoms with Gasteiger partial charge in [0.2, 0.25) is 16.8 Å². The van der Waals surface area contributed by atoms with Gasteiger partial charge in [0.05, 0.1) is 18.5 Å². The maximum atomic E-state index is 12.6. The van der Waals surface area contributed by atoms with Crippen LogP contribution in [0.5, 0.6) is 11.5 Å². The summed E-state index contributed by atoms with van der Waals surface area (Å²) in [5.41, 5.74) is 2.93. The number of carbonyl (C=O) groups is 1. The van der Waals surface area contributed by atoms with Crippen LogP contribution in [0.25, 0.3) is 0 Å². The summed E-state index contributed by atoms with van der Waals surface area (Å²) in [5, 5.41) is 2.96. The molecule has 0 saturated heterocycles. The number of nitrogens with zero attached hydrogens (tertiary/aromatic N) is 1. The van der Waals surface area contributed by atoms with Gasteiger partial charge >= 0.3 is 0 Å². The fraction of sp³-hybridized carbons (Fsp3) is 0.240. The van der Waals surface area contributed by atoms with Crippen LogP contribution in [0.4, 0.5) is 5.69 Å². The van der Waals surface area contributed by atoms with E-state index in [0.29, 0.717) is 29.3 Å². The molecule has 1 aliphatic heterocycles. The molecule has 4 rings (SSSR count). The highest BCUT2D eigenvalue weighted by Crippen LogP contribution is 2.36. The standard InChI is InChI=1S/C25H26N2O5S/c1-18(20-6-4-3-5-7-20)15-26-25(28)21-10-8-19(9-11-21)16-27(33(2,29)30)22-12-13-23-24(14-22)32-17-31-23/h3-14,18H,15-17H2,1-2H3,(H,26,28)/t18-/m0/s1. The van der Waals surface area contributed by atoms with E-state index in [9.17, 15) is 13.2 Å². The second-order valence-corrected chi connectivity index (χ2v) is 9.93. The van der Waals surface area contributed by atoms with E-state index < -0.39 is 10.0 Å². The average Bonchev–Trinajstić information content (AvgIpc) is 3.29. The molecule has 0 saturated carbocycles. The van der Waals surface area contributed by atoms with Crippen molar-refractivity contribution in [3.05, 3.63) is 89.5 Å². The van der Waals surface area contributed by atoms with Crippen LogP contribution in [-0.4, -0.2) is 33.9 Å². The van der Waals surface area contributed by atoms with E-state index in [1.54, 1.807) is 42.5 Å². The Morgan fingerprint density at radius 2 is 1.70 bits per heavy atom. The SMILES string of the molecule is C[C@@H](CNC(=O)c1ccc(CN(c2ccc3c(c2)OCO3)S(C)(=O)=O)cc1)c1ccccc1. The molecular formula is C25H26N2O5S. The number of sulfonamides is 1. The Morgan fingerprint density at radius 3 is 2.39 bits per heavy atom. The normalized spacial score (nSPS) is 13.4. The van der Waals surface area contributed by atoms with Crippen LogP contribution in [-0.2, 0) is 16.6 Å². The molecule has 33 heavy (non-hydrogen) atoms. The third-order valence-electron chi connectivity index (χ3n) is 5.52. The summed E-state index contributed by atoms with van der Waals surface area (Å²) in [6.45, 7) is 2.84. The Morgan fingerprint density at radius 1 is 1.00 bits per heavy atom. The Bertz CT molecular complexity index is 1230. The number of rotatable bonds is 8. The van der Waals surface area contributed by atoms with Crippen LogP contribution in [0.15, 0.2) is 72.8 Å². The first-order valence-electron chi connectivity index (χ1n) is 10.6. The zero-order valence-corrected chi connectivity index (χ0v) is 19.3. The van der Waals surface area contributed by atoms with Crippen LogP contribution >= 0.6 is 0 Å². The molecule has 0 aliphatic carbocycles. The number of ether oxygens (including phenoxy) is 2. The van der Waals surface area contributed by atoms with Crippen LogP contribution in [0.1, 0.15) is 34.3 Å². The number of hydrogen-bond donors (Lipinski definition) is 1. The molecule has 1 amide bonds. The van der Waals surface area contributed by atoms with Crippen molar-refractivity contribution in [1.29, 1.82) is 0 Å². The lowest BCUT2D eigenvalue weighted by molar-refractivity contribution is 0.0951. The molecule has 0 unspecified atom stereocenters. The van der Waals surface area contributed by atoms with Gasteiger partial charge in [0.1, 0.15) is 0 Å². The number of benzene rings is 3. The van der Waals surface area contributed by atoms with E-state index in [4.69, 9.17) is 9.47 Å². The van der Waals surface area contributed by atoms with Gasteiger partial charge in [-0.3, -0.25) is 9.10 Å². The quantitative estimate of drug-likeness (QED) is 0.544. The molecule has 3 aromatic carbocycles. The lowest BCUT2D eigenvalue weighted by Gasteiger charge is -2.23. The predicted molar refractivity (Wildman–Crippen MR) is 127 cm³/mol. The first-order valence-corrected chi connectivity index (χ1v) is 12.5. The van der Waals surface area contributed by atoms with E-state index in [-0.39, 0.29) is 25.2 Å². The van der Waals surface area contributed by atoms with Gasteiger partial charge in [0.25, 0.3) is 5.91 Å². The Labute approximate surface area is 194 Å². The van der Waals surface area contributed by atoms with Crippen LogP contribution in [0.2, 0.25) is 0 Å². The van der Waals surface area contributed by atoms with Gasteiger partial charge in [-0.25, -0.2) is 8.42 Å². The molecule has 1 N–H and O–H groups in total. The largest absolute Gasteiger partial charge is 0.454 e. The number of anilines is 1. The maximum absolute atomic E-state index is 12.6. The fourth-order valence-electron chi connectivity index (χ4n) is 3.61. The smallest absolute Gasteiger partial charge is 0.251 e. The maximum Gasteiger partial charge on any atom is 0.251 e. The first kappa shape index (κ1) is 22.7. The summed E-state index contributed by atoms with van der Waals surface area (Å²) in [7, 11) is -3.55. The van der Waals surface area contributed by atoms with Gasteiger partial charge in [0, 0.05) is 18.2 Å². The molecule has 3 aromatic rings. The zero-order chi connectivity index (χ0) is 23.4. The second-order valence-electron chi connectivity index (χ2n) is 8.03. The third-order valence-corrected chi connectivity index (χ3v) is 6.66. The summed E-state index contributed by atoms with van der Waals surface area (Å²) in [6, 6.07) is 22.0. The number of nitrogens with one attached hydrogen (secondary N) is 1. The predicted octanol–water partition coefficient (Wildman–Crippen LogP) is 3.92. The van der Waals surface area contributed by atoms with Crippen molar-refractivity contribution in [3.8, 4) is 11.5 Å². The van der Waals surface area contributed by atoms with Crippen LogP contribution < -0.4 is 19.1 Å². The van der Waals surface area contributed by atoms with E-state index in [2.05, 4.69) is 12.2 Å². The van der Waals surface area contributed by atoms with Gasteiger partial charge in [-0.15, -0.1) is 0 Å². The van der Waals surface area contributed by atoms with E-state index in [1.807, 2.05) is 30.3 Å². The Balaban J connectivity index is 1.42. The van der Waals surface area contributed by atoms with Crippen molar-refractivity contribution in [2.24, 2.45) is 0 Å². The lowest BCUT2D eigenvalue weighted by atomic mass is 10.0. The fourth-order valence-corrected chi connectivity index (χ4v) is 4.50. The number of amides is 1. The second kappa shape index (κ2) is 9.54. The van der Waals surface area contributed by atoms with E-state index in [1.165, 1.54) is 4.31 Å². The molecule has 0 fully saturated rings. The lowest BCUT2D eigenvalue weighted by Crippen LogP contribution is -2.29. The molecule has 7 nitrogen and oxygen atoms in total. The number of fused-ring (bicyclic) bond motifs is 1. The number of carbonyl (C=O) groups excluding carboxylic acids is 1. The highest BCUT2D eigenvalue weighted by atomic mass is 32.2. The number of hydrogen-bond acceptors (Lipinski definition) is 5. The van der Waals surface area contributed by atoms with Gasteiger partial charge in [-0.2, -0.15) is 0 Å². The summed E-state index contributed by atoms with van der Waals surface area (Å²) in [6.07, 6.45) is 1.16. The molecule has 172 valence electrons. The van der Waals surface area contributed by atoms with Crippen molar-refractivity contribution < 1.29 is 22.7 Å². The minimum Gasteiger partial charge on any atom is -0.454 e. The molecular weight excluding hydrogens is 440 g/mol. The minimum atomic E-state index is -3.55. The van der Waals surface area contributed by atoms with Crippen LogP contribution in [0, 0.1) is 0 Å². The summed E-state index contributed by atoms with van der Waals surface area (Å²) >= 11 is 0. The van der Waals surface area contributed by atoms with Crippen molar-refractivity contribution in [1.82, 2.24) is 5.32 Å². The van der Waals surface area contributed by atoms with Crippen molar-refractivity contribution in [2.45, 2.75) is 19.4 Å². The topological polar surface area (TPSA) is 84.9 Å². The third kappa shape index (κ3) is 5.46. The van der Waals surface area contributed by atoms with Gasteiger partial charge in [0.15, 0.2) is 11.5 Å². The highest BCUT2D eigenvalue weighted by Gasteiger charge is 2.22. The molecule has 0 radical (unpaired) electrons.